The van der Waals surface area contributed by atoms with E-state index in [-0.39, 0.29) is 5.91 Å². The summed E-state index contributed by atoms with van der Waals surface area (Å²) in [5.74, 6) is 1.07. The highest BCUT2D eigenvalue weighted by Gasteiger charge is 2.16. The van der Waals surface area contributed by atoms with E-state index in [2.05, 4.69) is 28.7 Å². The highest BCUT2D eigenvalue weighted by molar-refractivity contribution is 6.32. The largest absolute Gasteiger partial charge is 0.493 e. The third kappa shape index (κ3) is 5.21. The van der Waals surface area contributed by atoms with Crippen LogP contribution in [0.1, 0.15) is 30.6 Å². The Morgan fingerprint density at radius 1 is 1.28 bits per heavy atom. The number of hydrogen-bond acceptors (Lipinski definition) is 4. The summed E-state index contributed by atoms with van der Waals surface area (Å²) in [4.78, 5) is 16.9. The Labute approximate surface area is 175 Å². The first-order valence-electron chi connectivity index (χ1n) is 9.68. The zero-order chi connectivity index (χ0) is 20.8. The number of aryl methyl sites for hydroxylation is 1. The molecule has 3 aromatic rings. The third-order valence-corrected chi connectivity index (χ3v) is 4.72. The van der Waals surface area contributed by atoms with Crippen molar-refractivity contribution in [2.75, 3.05) is 20.3 Å². The molecule has 0 spiro atoms. The van der Waals surface area contributed by atoms with Gasteiger partial charge in [-0.2, -0.15) is 0 Å². The second-order valence-electron chi connectivity index (χ2n) is 7.23. The maximum Gasteiger partial charge on any atom is 0.251 e. The molecule has 1 aromatic heterocycles. The second kappa shape index (κ2) is 9.65. The number of carbonyl (C=O) groups is 1. The van der Waals surface area contributed by atoms with E-state index in [0.717, 1.165) is 24.0 Å². The van der Waals surface area contributed by atoms with E-state index >= 15 is 0 Å². The lowest BCUT2D eigenvalue weighted by molar-refractivity contribution is 0.0952. The molecular weight excluding hydrogens is 390 g/mol. The van der Waals surface area contributed by atoms with Gasteiger partial charge in [-0.1, -0.05) is 37.6 Å². The number of carbonyl (C=O) groups excluding carboxylic acids is 1. The SMILES string of the molecule is COc1cc(C(=O)NCCCn2cnc3ccccc32)cc(Cl)c1OCC(C)C. The van der Waals surface area contributed by atoms with Crippen LogP contribution in [0.25, 0.3) is 11.0 Å². The van der Waals surface area contributed by atoms with Gasteiger partial charge in [-0.15, -0.1) is 0 Å². The summed E-state index contributed by atoms with van der Waals surface area (Å²) in [6.45, 7) is 5.93. The van der Waals surface area contributed by atoms with E-state index < -0.39 is 0 Å². The summed E-state index contributed by atoms with van der Waals surface area (Å²) >= 11 is 6.33. The van der Waals surface area contributed by atoms with Crippen LogP contribution in [-0.4, -0.2) is 35.7 Å². The number of imidazole rings is 1. The van der Waals surface area contributed by atoms with Crippen LogP contribution in [0, 0.1) is 5.92 Å². The van der Waals surface area contributed by atoms with Crippen LogP contribution >= 0.6 is 11.6 Å². The van der Waals surface area contributed by atoms with Gasteiger partial charge in [0.25, 0.3) is 5.91 Å². The van der Waals surface area contributed by atoms with E-state index in [0.29, 0.717) is 41.2 Å². The number of halogens is 1. The lowest BCUT2D eigenvalue weighted by Crippen LogP contribution is -2.25. The number of para-hydroxylation sites is 2. The predicted octanol–water partition coefficient (Wildman–Crippen LogP) is 4.55. The fraction of sp³-hybridized carbons (Fsp3) is 0.364. The fourth-order valence-corrected chi connectivity index (χ4v) is 3.25. The molecule has 0 saturated carbocycles. The Hall–Kier alpha value is -2.73. The monoisotopic (exact) mass is 415 g/mol. The van der Waals surface area contributed by atoms with Gasteiger partial charge in [-0.3, -0.25) is 4.79 Å². The highest BCUT2D eigenvalue weighted by Crippen LogP contribution is 2.36. The molecule has 29 heavy (non-hydrogen) atoms. The van der Waals surface area contributed by atoms with Crippen molar-refractivity contribution in [3.8, 4) is 11.5 Å². The van der Waals surface area contributed by atoms with Crippen LogP contribution < -0.4 is 14.8 Å². The lowest BCUT2D eigenvalue weighted by atomic mass is 10.1. The average Bonchev–Trinajstić information content (AvgIpc) is 3.12. The van der Waals surface area contributed by atoms with Gasteiger partial charge in [0.05, 0.1) is 36.1 Å². The first kappa shape index (κ1) is 21.0. The maximum atomic E-state index is 12.5. The van der Waals surface area contributed by atoms with Crippen LogP contribution in [0.3, 0.4) is 0 Å². The van der Waals surface area contributed by atoms with Crippen LogP contribution in [-0.2, 0) is 6.54 Å². The first-order chi connectivity index (χ1) is 14.0. The van der Waals surface area contributed by atoms with E-state index in [1.165, 1.54) is 7.11 Å². The molecule has 154 valence electrons. The summed E-state index contributed by atoms with van der Waals surface area (Å²) in [6, 6.07) is 11.3. The van der Waals surface area contributed by atoms with E-state index in [4.69, 9.17) is 21.1 Å². The molecule has 0 aliphatic heterocycles. The van der Waals surface area contributed by atoms with Crippen LogP contribution in [0.2, 0.25) is 5.02 Å². The van der Waals surface area contributed by atoms with Gasteiger partial charge >= 0.3 is 0 Å². The van der Waals surface area contributed by atoms with Crippen LogP contribution in [0.4, 0.5) is 0 Å². The Balaban J connectivity index is 1.58. The summed E-state index contributed by atoms with van der Waals surface area (Å²) in [7, 11) is 1.53. The summed E-state index contributed by atoms with van der Waals surface area (Å²) < 4.78 is 13.2. The molecule has 0 bridgehead atoms. The quantitative estimate of drug-likeness (QED) is 0.520. The van der Waals surface area contributed by atoms with Crippen molar-refractivity contribution in [1.82, 2.24) is 14.9 Å². The molecule has 0 aliphatic carbocycles. The van der Waals surface area contributed by atoms with Gasteiger partial charge in [0.2, 0.25) is 0 Å². The normalized spacial score (nSPS) is 11.1. The molecule has 6 nitrogen and oxygen atoms in total. The molecule has 7 heteroatoms. The Morgan fingerprint density at radius 3 is 2.83 bits per heavy atom. The molecule has 0 atom stereocenters. The molecule has 2 aromatic carbocycles. The standard InChI is InChI=1S/C22H26ClN3O3/c1-15(2)13-29-21-17(23)11-16(12-20(21)28-3)22(27)24-9-6-10-26-14-25-18-7-4-5-8-19(18)26/h4-5,7-8,11-12,14-15H,6,9-10,13H2,1-3H3,(H,24,27). The van der Waals surface area contributed by atoms with Gasteiger partial charge in [-0.05, 0) is 36.6 Å². The van der Waals surface area contributed by atoms with Gasteiger partial charge < -0.3 is 19.4 Å². The van der Waals surface area contributed by atoms with Crippen molar-refractivity contribution >= 4 is 28.5 Å². The minimum atomic E-state index is -0.198. The van der Waals surface area contributed by atoms with E-state index in [1.807, 2.05) is 30.6 Å². The molecule has 0 saturated heterocycles. The Morgan fingerprint density at radius 2 is 2.07 bits per heavy atom. The summed E-state index contributed by atoms with van der Waals surface area (Å²) in [5, 5.41) is 3.29. The summed E-state index contributed by atoms with van der Waals surface area (Å²) in [6.07, 6.45) is 2.61. The molecular formula is C22H26ClN3O3. The van der Waals surface area contributed by atoms with Gasteiger partial charge in [0.15, 0.2) is 11.5 Å². The van der Waals surface area contributed by atoms with Crippen molar-refractivity contribution in [3.05, 3.63) is 53.3 Å². The smallest absolute Gasteiger partial charge is 0.251 e. The Kier molecular flexibility index (Phi) is 6.99. The number of benzene rings is 2. The number of amides is 1. The van der Waals surface area contributed by atoms with Gasteiger partial charge in [-0.25, -0.2) is 4.98 Å². The molecule has 0 radical (unpaired) electrons. The minimum Gasteiger partial charge on any atom is -0.493 e. The molecule has 0 unspecified atom stereocenters. The number of ether oxygens (including phenoxy) is 2. The lowest BCUT2D eigenvalue weighted by Gasteiger charge is -2.15. The van der Waals surface area contributed by atoms with E-state index in [1.54, 1.807) is 12.1 Å². The number of methoxy groups -OCH3 is 1. The average molecular weight is 416 g/mol. The maximum absolute atomic E-state index is 12.5. The number of hydrogen-bond donors (Lipinski definition) is 1. The first-order valence-corrected chi connectivity index (χ1v) is 10.1. The predicted molar refractivity (Wildman–Crippen MR) is 115 cm³/mol. The zero-order valence-electron chi connectivity index (χ0n) is 16.9. The molecule has 1 amide bonds. The number of nitrogens with one attached hydrogen (secondary N) is 1. The number of fused-ring (bicyclic) bond motifs is 1. The van der Waals surface area contributed by atoms with Crippen molar-refractivity contribution in [2.24, 2.45) is 5.92 Å². The van der Waals surface area contributed by atoms with Crippen molar-refractivity contribution in [1.29, 1.82) is 0 Å². The van der Waals surface area contributed by atoms with Crippen molar-refractivity contribution in [3.63, 3.8) is 0 Å². The van der Waals surface area contributed by atoms with Gasteiger partial charge in [0, 0.05) is 18.7 Å². The molecule has 1 heterocycles. The Bertz CT molecular complexity index is 985. The fourth-order valence-electron chi connectivity index (χ4n) is 2.98. The molecule has 0 fully saturated rings. The minimum absolute atomic E-state index is 0.198. The van der Waals surface area contributed by atoms with Crippen LogP contribution in [0.15, 0.2) is 42.7 Å². The van der Waals surface area contributed by atoms with Crippen molar-refractivity contribution < 1.29 is 14.3 Å². The number of rotatable bonds is 9. The highest BCUT2D eigenvalue weighted by atomic mass is 35.5. The third-order valence-electron chi connectivity index (χ3n) is 4.44. The molecule has 0 aliphatic rings. The van der Waals surface area contributed by atoms with Crippen LogP contribution in [0.5, 0.6) is 11.5 Å². The number of aromatic nitrogens is 2. The molecule has 1 N–H and O–H groups in total. The topological polar surface area (TPSA) is 65.4 Å². The molecule has 3 rings (SSSR count). The second-order valence-corrected chi connectivity index (χ2v) is 7.64. The number of nitrogens with zero attached hydrogens (tertiary/aromatic N) is 2. The summed E-state index contributed by atoms with van der Waals surface area (Å²) in [5.41, 5.74) is 2.50. The van der Waals surface area contributed by atoms with E-state index in [9.17, 15) is 4.79 Å². The van der Waals surface area contributed by atoms with Gasteiger partial charge in [0.1, 0.15) is 0 Å². The van der Waals surface area contributed by atoms with Crippen molar-refractivity contribution in [2.45, 2.75) is 26.8 Å². The zero-order valence-corrected chi connectivity index (χ0v) is 17.7.